The Kier molecular flexibility index (Phi) is 6.55. The van der Waals surface area contributed by atoms with E-state index in [1.165, 1.54) is 0 Å². The molecule has 0 saturated carbocycles. The van der Waals surface area contributed by atoms with Crippen LogP contribution in [-0.2, 0) is 6.42 Å². The summed E-state index contributed by atoms with van der Waals surface area (Å²) in [5.41, 5.74) is 8.14. The second-order valence-electron chi connectivity index (χ2n) is 5.59. The first-order valence-electron chi connectivity index (χ1n) is 8.12. The Bertz CT molecular complexity index is 903. The molecule has 0 spiro atoms. The highest BCUT2D eigenvalue weighted by molar-refractivity contribution is 5.55. The van der Waals surface area contributed by atoms with Gasteiger partial charge in [0.1, 0.15) is 0 Å². The van der Waals surface area contributed by atoms with Crippen LogP contribution < -0.4 is 35.1 Å². The van der Waals surface area contributed by atoms with Crippen molar-refractivity contribution in [2.45, 2.75) is 6.42 Å². The molecular formula is C21H25NO4. The average molecular weight is 355 g/mol. The van der Waals surface area contributed by atoms with Crippen LogP contribution in [0, 0.1) is 0 Å². The van der Waals surface area contributed by atoms with Gasteiger partial charge in [-0.05, 0) is 35.0 Å². The van der Waals surface area contributed by atoms with Crippen molar-refractivity contribution in [1.82, 2.24) is 0 Å². The van der Waals surface area contributed by atoms with Gasteiger partial charge in [0.2, 0.25) is 0 Å². The summed E-state index contributed by atoms with van der Waals surface area (Å²) in [5, 5.41) is 1.79. The molecule has 2 aromatic carbocycles. The molecule has 138 valence electrons. The quantitative estimate of drug-likeness (QED) is 0.823. The van der Waals surface area contributed by atoms with E-state index < -0.39 is 0 Å². The molecule has 2 aromatic rings. The number of hydrogen-bond donors (Lipinski definition) is 1. The van der Waals surface area contributed by atoms with Crippen LogP contribution in [0.5, 0.6) is 23.0 Å². The zero-order valence-electron chi connectivity index (χ0n) is 15.7. The van der Waals surface area contributed by atoms with Crippen molar-refractivity contribution in [3.63, 3.8) is 0 Å². The molecule has 0 saturated heterocycles. The van der Waals surface area contributed by atoms with Crippen LogP contribution in [0.25, 0.3) is 11.8 Å². The first-order chi connectivity index (χ1) is 12.6. The SMILES string of the molecule is C=C/C=c1/cc(OC)c(OC)c/c1=C(/N)Cc1ccc(OC)c(OC)c1. The number of ether oxygens (including phenoxy) is 4. The summed E-state index contributed by atoms with van der Waals surface area (Å²) in [6.45, 7) is 3.77. The third kappa shape index (κ3) is 4.11. The molecule has 0 aliphatic heterocycles. The van der Waals surface area contributed by atoms with Crippen molar-refractivity contribution in [3.05, 3.63) is 59.0 Å². The predicted molar refractivity (Wildman–Crippen MR) is 104 cm³/mol. The summed E-state index contributed by atoms with van der Waals surface area (Å²) in [5.74, 6) is 2.62. The van der Waals surface area contributed by atoms with Gasteiger partial charge >= 0.3 is 0 Å². The first kappa shape index (κ1) is 19.2. The van der Waals surface area contributed by atoms with Gasteiger partial charge in [0, 0.05) is 17.3 Å². The van der Waals surface area contributed by atoms with E-state index in [0.29, 0.717) is 35.1 Å². The molecule has 5 nitrogen and oxygen atoms in total. The van der Waals surface area contributed by atoms with Gasteiger partial charge in [0.25, 0.3) is 0 Å². The fraction of sp³-hybridized carbons (Fsp3) is 0.238. The van der Waals surface area contributed by atoms with Gasteiger partial charge in [0.05, 0.1) is 28.4 Å². The molecule has 0 aliphatic rings. The van der Waals surface area contributed by atoms with Crippen molar-refractivity contribution >= 4 is 11.8 Å². The lowest BCUT2D eigenvalue weighted by molar-refractivity contribution is 0.354. The van der Waals surface area contributed by atoms with Crippen LogP contribution >= 0.6 is 0 Å². The minimum Gasteiger partial charge on any atom is -0.493 e. The predicted octanol–water partition coefficient (Wildman–Crippen LogP) is 2.00. The second-order valence-corrected chi connectivity index (χ2v) is 5.59. The zero-order valence-corrected chi connectivity index (χ0v) is 15.7. The highest BCUT2D eigenvalue weighted by atomic mass is 16.5. The lowest BCUT2D eigenvalue weighted by atomic mass is 10.1. The van der Waals surface area contributed by atoms with E-state index in [9.17, 15) is 0 Å². The molecular weight excluding hydrogens is 330 g/mol. The number of benzene rings is 2. The van der Waals surface area contributed by atoms with Crippen LogP contribution in [0.15, 0.2) is 43.0 Å². The Morgan fingerprint density at radius 1 is 0.885 bits per heavy atom. The molecule has 0 aromatic heterocycles. The molecule has 0 unspecified atom stereocenters. The summed E-state index contributed by atoms with van der Waals surface area (Å²) in [4.78, 5) is 0. The molecule has 0 bridgehead atoms. The number of allylic oxidation sites excluding steroid dienone is 1. The third-order valence-corrected chi connectivity index (χ3v) is 4.04. The van der Waals surface area contributed by atoms with Gasteiger partial charge in [-0.2, -0.15) is 0 Å². The first-order valence-corrected chi connectivity index (χ1v) is 8.12. The molecule has 2 N–H and O–H groups in total. The largest absolute Gasteiger partial charge is 0.493 e. The number of hydrogen-bond acceptors (Lipinski definition) is 5. The highest BCUT2D eigenvalue weighted by Gasteiger charge is 2.08. The van der Waals surface area contributed by atoms with Crippen molar-refractivity contribution in [2.75, 3.05) is 28.4 Å². The maximum Gasteiger partial charge on any atom is 0.161 e. The standard InChI is InChI=1S/C21H25NO4/c1-6-7-15-12-20(25-4)21(26-5)13-16(15)17(22)10-14-8-9-18(23-2)19(11-14)24-3/h6-9,11-13H,1,10,22H2,2-5H3/b15-7-,17-16-. The lowest BCUT2D eigenvalue weighted by Crippen LogP contribution is -2.30. The van der Waals surface area contributed by atoms with Gasteiger partial charge in [-0.25, -0.2) is 0 Å². The Balaban J connectivity index is 2.58. The van der Waals surface area contributed by atoms with Crippen LogP contribution in [-0.4, -0.2) is 28.4 Å². The van der Waals surface area contributed by atoms with Gasteiger partial charge in [-0.15, -0.1) is 0 Å². The van der Waals surface area contributed by atoms with Gasteiger partial charge in [-0.3, -0.25) is 0 Å². The molecule has 2 rings (SSSR count). The van der Waals surface area contributed by atoms with Gasteiger partial charge in [-0.1, -0.05) is 24.8 Å². The van der Waals surface area contributed by atoms with E-state index in [2.05, 4.69) is 6.58 Å². The molecule has 0 amide bonds. The van der Waals surface area contributed by atoms with E-state index in [-0.39, 0.29) is 0 Å². The Labute approximate surface area is 153 Å². The fourth-order valence-corrected chi connectivity index (χ4v) is 2.74. The zero-order chi connectivity index (χ0) is 19.1. The van der Waals surface area contributed by atoms with Crippen LogP contribution in [0.3, 0.4) is 0 Å². The van der Waals surface area contributed by atoms with Crippen LogP contribution in [0.1, 0.15) is 5.56 Å². The summed E-state index contributed by atoms with van der Waals surface area (Å²) in [6, 6.07) is 9.52. The Morgan fingerprint density at radius 3 is 2.04 bits per heavy atom. The molecule has 0 aliphatic carbocycles. The molecule has 0 fully saturated rings. The number of methoxy groups -OCH3 is 4. The van der Waals surface area contributed by atoms with Crippen molar-refractivity contribution in [3.8, 4) is 23.0 Å². The topological polar surface area (TPSA) is 62.9 Å². The molecule has 0 radical (unpaired) electrons. The normalized spacial score (nSPS) is 12.4. The second kappa shape index (κ2) is 8.85. The molecule has 0 atom stereocenters. The Hall–Kier alpha value is -3.08. The lowest BCUT2D eigenvalue weighted by Gasteiger charge is -2.11. The van der Waals surface area contributed by atoms with Gasteiger partial charge in [0.15, 0.2) is 23.0 Å². The van der Waals surface area contributed by atoms with Crippen molar-refractivity contribution < 1.29 is 18.9 Å². The minimum atomic E-state index is 0.549. The Morgan fingerprint density at radius 2 is 1.46 bits per heavy atom. The van der Waals surface area contributed by atoms with Crippen molar-refractivity contribution in [1.29, 1.82) is 0 Å². The third-order valence-electron chi connectivity index (χ3n) is 4.04. The number of rotatable bonds is 7. The highest BCUT2D eigenvalue weighted by Crippen LogP contribution is 2.28. The van der Waals surface area contributed by atoms with Crippen LogP contribution in [0.4, 0.5) is 0 Å². The van der Waals surface area contributed by atoms with Gasteiger partial charge < -0.3 is 24.7 Å². The minimum absolute atomic E-state index is 0.549. The summed E-state index contributed by atoms with van der Waals surface area (Å²) < 4.78 is 21.4. The summed E-state index contributed by atoms with van der Waals surface area (Å²) in [6.07, 6.45) is 4.15. The smallest absolute Gasteiger partial charge is 0.161 e. The monoisotopic (exact) mass is 355 g/mol. The fourth-order valence-electron chi connectivity index (χ4n) is 2.74. The van der Waals surface area contributed by atoms with Crippen LogP contribution in [0.2, 0.25) is 0 Å². The molecule has 0 heterocycles. The number of nitrogens with two attached hydrogens (primary N) is 1. The molecule has 5 heteroatoms. The van der Waals surface area contributed by atoms with E-state index >= 15 is 0 Å². The van der Waals surface area contributed by atoms with Crippen molar-refractivity contribution in [2.24, 2.45) is 5.73 Å². The maximum atomic E-state index is 6.43. The van der Waals surface area contributed by atoms with E-state index in [0.717, 1.165) is 16.0 Å². The van der Waals surface area contributed by atoms with E-state index in [1.807, 2.05) is 36.4 Å². The maximum absolute atomic E-state index is 6.43. The summed E-state index contributed by atoms with van der Waals surface area (Å²) in [7, 11) is 6.42. The average Bonchev–Trinajstić information content (AvgIpc) is 2.67. The van der Waals surface area contributed by atoms with E-state index in [4.69, 9.17) is 24.7 Å². The van der Waals surface area contributed by atoms with E-state index in [1.54, 1.807) is 34.5 Å². The molecule has 26 heavy (non-hydrogen) atoms. The summed E-state index contributed by atoms with van der Waals surface area (Å²) >= 11 is 0.